The van der Waals surface area contributed by atoms with Gasteiger partial charge in [0.15, 0.2) is 0 Å². The first-order valence-electron chi connectivity index (χ1n) is 9.14. The van der Waals surface area contributed by atoms with Crippen LogP contribution in [-0.4, -0.2) is 33.2 Å². The van der Waals surface area contributed by atoms with Crippen molar-refractivity contribution in [2.45, 2.75) is 32.7 Å². The third-order valence-corrected chi connectivity index (χ3v) is 5.49. The molecule has 6 nitrogen and oxygen atoms in total. The molecule has 0 saturated carbocycles. The topological polar surface area (TPSA) is 75.7 Å². The fourth-order valence-corrected chi connectivity index (χ4v) is 3.70. The lowest BCUT2D eigenvalue weighted by Gasteiger charge is -2.23. The summed E-state index contributed by atoms with van der Waals surface area (Å²) in [4.78, 5) is 12.3. The maximum Gasteiger partial charge on any atom is 0.417 e. The summed E-state index contributed by atoms with van der Waals surface area (Å²) in [7, 11) is -4.04. The summed E-state index contributed by atoms with van der Waals surface area (Å²) >= 11 is 5.59. The monoisotopic (exact) mass is 478 g/mol. The standard InChI is InChI=1S/C20H22ClF3N2O4S/c1-13(2)30-16-7-4-14(5-8-16)11-25-19(27)12-26(31(3,28)29)15-6-9-18(21)17(10-15)20(22,23)24/h4-10,13H,11-12H2,1-3H3,(H,25,27). The minimum atomic E-state index is -4.77. The van der Waals surface area contributed by atoms with Crippen LogP contribution < -0.4 is 14.4 Å². The van der Waals surface area contributed by atoms with E-state index in [4.69, 9.17) is 16.3 Å². The maximum atomic E-state index is 13.1. The van der Waals surface area contributed by atoms with E-state index < -0.39 is 39.2 Å². The van der Waals surface area contributed by atoms with Crippen LogP contribution in [0.25, 0.3) is 0 Å². The summed E-state index contributed by atoms with van der Waals surface area (Å²) in [6.07, 6.45) is -3.96. The molecule has 1 N–H and O–H groups in total. The SMILES string of the molecule is CC(C)Oc1ccc(CNC(=O)CN(c2ccc(Cl)c(C(F)(F)F)c2)S(C)(=O)=O)cc1. The molecule has 31 heavy (non-hydrogen) atoms. The minimum Gasteiger partial charge on any atom is -0.491 e. The Balaban J connectivity index is 2.13. The highest BCUT2D eigenvalue weighted by atomic mass is 35.5. The molecule has 2 aromatic carbocycles. The van der Waals surface area contributed by atoms with Gasteiger partial charge in [-0.05, 0) is 49.7 Å². The van der Waals surface area contributed by atoms with Crippen LogP contribution in [0.3, 0.4) is 0 Å². The number of carbonyl (C=O) groups is 1. The van der Waals surface area contributed by atoms with Crippen LogP contribution in [0.2, 0.25) is 5.02 Å². The molecule has 0 heterocycles. The molecule has 2 aromatic rings. The number of nitrogens with zero attached hydrogens (tertiary/aromatic N) is 1. The number of rotatable bonds is 8. The van der Waals surface area contributed by atoms with Crippen LogP contribution in [-0.2, 0) is 27.5 Å². The van der Waals surface area contributed by atoms with E-state index in [2.05, 4.69) is 5.32 Å². The molecule has 0 spiro atoms. The zero-order chi connectivity index (χ0) is 23.4. The average molecular weight is 479 g/mol. The van der Waals surface area contributed by atoms with Crippen LogP contribution in [0, 0.1) is 0 Å². The zero-order valence-electron chi connectivity index (χ0n) is 17.0. The Bertz CT molecular complexity index is 1030. The van der Waals surface area contributed by atoms with Crippen LogP contribution in [0.4, 0.5) is 18.9 Å². The number of benzene rings is 2. The Hall–Kier alpha value is -2.46. The molecule has 0 radical (unpaired) electrons. The molecule has 0 atom stereocenters. The number of amides is 1. The van der Waals surface area contributed by atoms with E-state index >= 15 is 0 Å². The lowest BCUT2D eigenvalue weighted by atomic mass is 10.2. The van der Waals surface area contributed by atoms with Gasteiger partial charge in [0.25, 0.3) is 0 Å². The highest BCUT2D eigenvalue weighted by molar-refractivity contribution is 7.92. The van der Waals surface area contributed by atoms with Crippen molar-refractivity contribution in [2.24, 2.45) is 0 Å². The lowest BCUT2D eigenvalue weighted by Crippen LogP contribution is -2.40. The summed E-state index contributed by atoms with van der Waals surface area (Å²) in [6, 6.07) is 9.59. The second kappa shape index (κ2) is 9.78. The van der Waals surface area contributed by atoms with Crippen molar-refractivity contribution in [3.8, 4) is 5.75 Å². The van der Waals surface area contributed by atoms with Crippen molar-refractivity contribution in [1.82, 2.24) is 5.32 Å². The molecule has 11 heteroatoms. The average Bonchev–Trinajstić information content (AvgIpc) is 2.64. The Morgan fingerprint density at radius 2 is 1.77 bits per heavy atom. The fourth-order valence-electron chi connectivity index (χ4n) is 2.63. The number of sulfonamides is 1. The smallest absolute Gasteiger partial charge is 0.417 e. The van der Waals surface area contributed by atoms with Gasteiger partial charge in [0.2, 0.25) is 15.9 Å². The summed E-state index contributed by atoms with van der Waals surface area (Å²) in [6.45, 7) is 3.19. The molecule has 1 amide bonds. The van der Waals surface area contributed by atoms with E-state index in [1.807, 2.05) is 13.8 Å². The molecule has 0 unspecified atom stereocenters. The van der Waals surface area contributed by atoms with Gasteiger partial charge in [-0.3, -0.25) is 9.10 Å². The number of halogens is 4. The molecular weight excluding hydrogens is 457 g/mol. The Morgan fingerprint density at radius 3 is 2.29 bits per heavy atom. The summed E-state index contributed by atoms with van der Waals surface area (Å²) in [5.74, 6) is -0.0204. The van der Waals surface area contributed by atoms with Gasteiger partial charge in [0.1, 0.15) is 12.3 Å². The molecule has 0 aromatic heterocycles. The lowest BCUT2D eigenvalue weighted by molar-refractivity contribution is -0.137. The molecule has 0 fully saturated rings. The van der Waals surface area contributed by atoms with Gasteiger partial charge in [0.05, 0.1) is 28.6 Å². The largest absolute Gasteiger partial charge is 0.491 e. The Labute approximate surface area is 184 Å². The number of anilines is 1. The predicted molar refractivity (Wildman–Crippen MR) is 113 cm³/mol. The number of alkyl halides is 3. The van der Waals surface area contributed by atoms with Crippen molar-refractivity contribution in [3.05, 3.63) is 58.6 Å². The van der Waals surface area contributed by atoms with E-state index in [9.17, 15) is 26.4 Å². The van der Waals surface area contributed by atoms with Gasteiger partial charge in [-0.25, -0.2) is 8.42 Å². The minimum absolute atomic E-state index is 0.0123. The van der Waals surface area contributed by atoms with E-state index in [1.54, 1.807) is 24.3 Å². The van der Waals surface area contributed by atoms with Crippen LogP contribution in [0.15, 0.2) is 42.5 Å². The van der Waals surface area contributed by atoms with E-state index in [0.717, 1.165) is 24.0 Å². The third-order valence-electron chi connectivity index (χ3n) is 4.02. The quantitative estimate of drug-likeness (QED) is 0.616. The first-order valence-corrected chi connectivity index (χ1v) is 11.4. The second-order valence-electron chi connectivity index (χ2n) is 7.02. The van der Waals surface area contributed by atoms with E-state index in [-0.39, 0.29) is 18.3 Å². The van der Waals surface area contributed by atoms with Gasteiger partial charge >= 0.3 is 6.18 Å². The molecule has 0 aliphatic carbocycles. The van der Waals surface area contributed by atoms with Gasteiger partial charge < -0.3 is 10.1 Å². The van der Waals surface area contributed by atoms with Gasteiger partial charge in [-0.1, -0.05) is 23.7 Å². The van der Waals surface area contributed by atoms with Crippen molar-refractivity contribution >= 4 is 33.2 Å². The molecule has 0 aliphatic heterocycles. The third kappa shape index (κ3) is 7.32. The van der Waals surface area contributed by atoms with E-state index in [0.29, 0.717) is 16.1 Å². The predicted octanol–water partition coefficient (Wildman–Crippen LogP) is 4.23. The molecule has 0 bridgehead atoms. The molecule has 170 valence electrons. The van der Waals surface area contributed by atoms with Crippen LogP contribution >= 0.6 is 11.6 Å². The number of ether oxygens (including phenoxy) is 1. The summed E-state index contributed by atoms with van der Waals surface area (Å²) < 4.78 is 69.7. The number of hydrogen-bond acceptors (Lipinski definition) is 4. The highest BCUT2D eigenvalue weighted by Gasteiger charge is 2.34. The number of carbonyl (C=O) groups excluding carboxylic acids is 1. The molecular formula is C20H22ClF3N2O4S. The molecule has 0 aliphatic rings. The highest BCUT2D eigenvalue weighted by Crippen LogP contribution is 2.37. The molecule has 2 rings (SSSR count). The van der Waals surface area contributed by atoms with Crippen LogP contribution in [0.5, 0.6) is 5.75 Å². The maximum absolute atomic E-state index is 13.1. The first-order chi connectivity index (χ1) is 14.3. The number of nitrogens with one attached hydrogen (secondary N) is 1. The first kappa shape index (κ1) is 24.8. The summed E-state index contributed by atoms with van der Waals surface area (Å²) in [5.41, 5.74) is -0.768. The zero-order valence-corrected chi connectivity index (χ0v) is 18.6. The van der Waals surface area contributed by atoms with Crippen molar-refractivity contribution < 1.29 is 31.1 Å². The van der Waals surface area contributed by atoms with Crippen molar-refractivity contribution in [1.29, 1.82) is 0 Å². The summed E-state index contributed by atoms with van der Waals surface area (Å²) in [5, 5.41) is 1.98. The fraction of sp³-hybridized carbons (Fsp3) is 0.350. The Morgan fingerprint density at radius 1 is 1.16 bits per heavy atom. The van der Waals surface area contributed by atoms with Crippen LogP contribution in [0.1, 0.15) is 25.0 Å². The normalized spacial score (nSPS) is 12.0. The van der Waals surface area contributed by atoms with Gasteiger partial charge in [-0.2, -0.15) is 13.2 Å². The number of hydrogen-bond donors (Lipinski definition) is 1. The Kier molecular flexibility index (Phi) is 7.82. The second-order valence-corrected chi connectivity index (χ2v) is 9.33. The van der Waals surface area contributed by atoms with Gasteiger partial charge in [0, 0.05) is 6.54 Å². The van der Waals surface area contributed by atoms with Crippen molar-refractivity contribution in [2.75, 3.05) is 17.1 Å². The van der Waals surface area contributed by atoms with Gasteiger partial charge in [-0.15, -0.1) is 0 Å². The van der Waals surface area contributed by atoms with Crippen molar-refractivity contribution in [3.63, 3.8) is 0 Å². The van der Waals surface area contributed by atoms with E-state index in [1.165, 1.54) is 0 Å². The molecule has 0 saturated heterocycles.